The number of rotatable bonds is 4. The molecule has 0 fully saturated rings. The summed E-state index contributed by atoms with van der Waals surface area (Å²) in [5, 5.41) is 9.12. The molecule has 21 heavy (non-hydrogen) atoms. The van der Waals surface area contributed by atoms with Gasteiger partial charge in [0.15, 0.2) is 0 Å². The number of hydrogen-bond acceptors (Lipinski definition) is 4. The van der Waals surface area contributed by atoms with Crippen LogP contribution in [0.2, 0.25) is 0 Å². The fourth-order valence-electron chi connectivity index (χ4n) is 1.83. The van der Waals surface area contributed by atoms with Crippen LogP contribution in [0.1, 0.15) is 32.2 Å². The standard InChI is InChI=1S/C16H19BrN2O2/c1-16(2,3)15-18-13(17)10-14(19-15)21-12-7-5-4-6-11(12)8-9-20/h4-7,10,20H,8-9H2,1-3H3. The molecule has 112 valence electrons. The topological polar surface area (TPSA) is 55.2 Å². The normalized spacial score (nSPS) is 11.5. The highest BCUT2D eigenvalue weighted by Gasteiger charge is 2.19. The molecule has 0 amide bonds. The average molecular weight is 351 g/mol. The van der Waals surface area contributed by atoms with Crippen molar-refractivity contribution in [3.8, 4) is 11.6 Å². The maximum absolute atomic E-state index is 9.12. The van der Waals surface area contributed by atoms with Crippen LogP contribution in [0.3, 0.4) is 0 Å². The number of ether oxygens (including phenoxy) is 1. The second-order valence-electron chi connectivity index (χ2n) is 5.79. The number of halogens is 1. The SMILES string of the molecule is CC(C)(C)c1nc(Br)cc(Oc2ccccc2CCO)n1. The van der Waals surface area contributed by atoms with Crippen molar-refractivity contribution in [2.45, 2.75) is 32.6 Å². The third kappa shape index (κ3) is 4.25. The minimum atomic E-state index is -0.160. The molecule has 0 aliphatic carbocycles. The van der Waals surface area contributed by atoms with Crippen molar-refractivity contribution in [2.24, 2.45) is 0 Å². The Balaban J connectivity index is 2.34. The van der Waals surface area contributed by atoms with Crippen LogP contribution >= 0.6 is 15.9 Å². The quantitative estimate of drug-likeness (QED) is 0.850. The predicted octanol–water partition coefficient (Wildman–Crippen LogP) is 3.86. The summed E-state index contributed by atoms with van der Waals surface area (Å²) in [5.74, 6) is 1.91. The highest BCUT2D eigenvalue weighted by molar-refractivity contribution is 9.10. The van der Waals surface area contributed by atoms with Gasteiger partial charge in [-0.25, -0.2) is 4.98 Å². The van der Waals surface area contributed by atoms with E-state index in [2.05, 4.69) is 46.7 Å². The first-order valence-electron chi connectivity index (χ1n) is 6.82. The van der Waals surface area contributed by atoms with Gasteiger partial charge < -0.3 is 9.84 Å². The summed E-state index contributed by atoms with van der Waals surface area (Å²) in [4.78, 5) is 8.87. The van der Waals surface area contributed by atoms with E-state index in [9.17, 15) is 0 Å². The Hall–Kier alpha value is -1.46. The van der Waals surface area contributed by atoms with Gasteiger partial charge in [-0.1, -0.05) is 39.0 Å². The molecule has 0 saturated carbocycles. The monoisotopic (exact) mass is 350 g/mol. The summed E-state index contributed by atoms with van der Waals surface area (Å²) in [5.41, 5.74) is 0.791. The van der Waals surface area contributed by atoms with Gasteiger partial charge in [0.25, 0.3) is 0 Å². The highest BCUT2D eigenvalue weighted by Crippen LogP contribution is 2.28. The van der Waals surface area contributed by atoms with Crippen molar-refractivity contribution in [3.05, 3.63) is 46.3 Å². The molecular weight excluding hydrogens is 332 g/mol. The van der Waals surface area contributed by atoms with Crippen molar-refractivity contribution in [1.82, 2.24) is 9.97 Å². The second-order valence-corrected chi connectivity index (χ2v) is 6.60. The zero-order valence-corrected chi connectivity index (χ0v) is 14.0. The molecule has 2 aromatic rings. The van der Waals surface area contributed by atoms with Crippen molar-refractivity contribution in [2.75, 3.05) is 6.61 Å². The fraction of sp³-hybridized carbons (Fsp3) is 0.375. The Morgan fingerprint density at radius 1 is 1.19 bits per heavy atom. The Morgan fingerprint density at radius 3 is 2.57 bits per heavy atom. The minimum Gasteiger partial charge on any atom is -0.439 e. The molecule has 0 spiro atoms. The lowest BCUT2D eigenvalue weighted by atomic mass is 9.96. The molecule has 0 unspecified atom stereocenters. The Bertz CT molecular complexity index is 624. The first-order chi connectivity index (χ1) is 9.90. The molecule has 1 aromatic heterocycles. The number of aromatic nitrogens is 2. The molecule has 4 nitrogen and oxygen atoms in total. The van der Waals surface area contributed by atoms with Crippen molar-refractivity contribution in [3.63, 3.8) is 0 Å². The van der Waals surface area contributed by atoms with Gasteiger partial charge in [-0.3, -0.25) is 0 Å². The largest absolute Gasteiger partial charge is 0.439 e. The molecule has 5 heteroatoms. The van der Waals surface area contributed by atoms with Crippen LogP contribution in [-0.4, -0.2) is 21.7 Å². The van der Waals surface area contributed by atoms with Crippen molar-refractivity contribution >= 4 is 15.9 Å². The van der Waals surface area contributed by atoms with Crippen LogP contribution in [0.15, 0.2) is 34.9 Å². The summed E-state index contributed by atoms with van der Waals surface area (Å²) in [6, 6.07) is 9.38. The number of aliphatic hydroxyl groups excluding tert-OH is 1. The number of nitrogens with zero attached hydrogens (tertiary/aromatic N) is 2. The van der Waals surface area contributed by atoms with Crippen LogP contribution in [0.4, 0.5) is 0 Å². The first kappa shape index (κ1) is 15.9. The van der Waals surface area contributed by atoms with E-state index in [0.717, 1.165) is 5.56 Å². The van der Waals surface area contributed by atoms with Gasteiger partial charge in [0.2, 0.25) is 5.88 Å². The Labute approximate surface area is 133 Å². The lowest BCUT2D eigenvalue weighted by Crippen LogP contribution is -2.16. The second kappa shape index (κ2) is 6.54. The van der Waals surface area contributed by atoms with Crippen molar-refractivity contribution < 1.29 is 9.84 Å². The van der Waals surface area contributed by atoms with Gasteiger partial charge in [0, 0.05) is 18.1 Å². The lowest BCUT2D eigenvalue weighted by molar-refractivity contribution is 0.297. The third-order valence-electron chi connectivity index (χ3n) is 2.91. The van der Waals surface area contributed by atoms with Gasteiger partial charge >= 0.3 is 0 Å². The molecule has 0 saturated heterocycles. The molecule has 2 rings (SSSR count). The molecule has 0 bridgehead atoms. The Kier molecular flexibility index (Phi) is 4.96. The Morgan fingerprint density at radius 2 is 1.90 bits per heavy atom. The van der Waals surface area contributed by atoms with Crippen LogP contribution in [0.25, 0.3) is 0 Å². The summed E-state index contributed by atoms with van der Waals surface area (Å²) in [6.07, 6.45) is 0.550. The third-order valence-corrected chi connectivity index (χ3v) is 3.32. The first-order valence-corrected chi connectivity index (χ1v) is 7.61. The number of para-hydroxylation sites is 1. The lowest BCUT2D eigenvalue weighted by Gasteiger charge is -2.18. The number of hydrogen-bond donors (Lipinski definition) is 1. The van der Waals surface area contributed by atoms with E-state index < -0.39 is 0 Å². The molecule has 1 N–H and O–H groups in total. The molecule has 0 radical (unpaired) electrons. The summed E-state index contributed by atoms with van der Waals surface area (Å²) >= 11 is 3.40. The van der Waals surface area contributed by atoms with Gasteiger partial charge in [0.05, 0.1) is 0 Å². The van der Waals surface area contributed by atoms with Crippen molar-refractivity contribution in [1.29, 1.82) is 0 Å². The minimum absolute atomic E-state index is 0.0844. The molecule has 0 aliphatic rings. The summed E-state index contributed by atoms with van der Waals surface area (Å²) in [7, 11) is 0. The van der Waals surface area contributed by atoms with E-state index in [1.165, 1.54) is 0 Å². The van der Waals surface area contributed by atoms with Gasteiger partial charge in [-0.05, 0) is 34.0 Å². The van der Waals surface area contributed by atoms with Gasteiger partial charge in [-0.2, -0.15) is 4.98 Å². The maximum atomic E-state index is 9.12. The summed E-state index contributed by atoms with van der Waals surface area (Å²) in [6.45, 7) is 6.25. The smallest absolute Gasteiger partial charge is 0.223 e. The van der Waals surface area contributed by atoms with Crippen LogP contribution in [0.5, 0.6) is 11.6 Å². The average Bonchev–Trinajstić information content (AvgIpc) is 2.40. The molecule has 0 atom stereocenters. The number of benzene rings is 1. The van der Waals surface area contributed by atoms with E-state index in [-0.39, 0.29) is 12.0 Å². The van der Waals surface area contributed by atoms with E-state index in [4.69, 9.17) is 9.84 Å². The van der Waals surface area contributed by atoms with E-state index >= 15 is 0 Å². The molecule has 0 aliphatic heterocycles. The highest BCUT2D eigenvalue weighted by atomic mass is 79.9. The zero-order chi connectivity index (χ0) is 15.5. The molecule has 1 aromatic carbocycles. The number of aliphatic hydroxyl groups is 1. The van der Waals surface area contributed by atoms with Crippen LogP contribution in [-0.2, 0) is 11.8 Å². The molecular formula is C16H19BrN2O2. The fourth-order valence-corrected chi connectivity index (χ4v) is 2.19. The predicted molar refractivity (Wildman–Crippen MR) is 85.7 cm³/mol. The zero-order valence-electron chi connectivity index (χ0n) is 12.4. The maximum Gasteiger partial charge on any atom is 0.223 e. The summed E-state index contributed by atoms with van der Waals surface area (Å²) < 4.78 is 6.58. The van der Waals surface area contributed by atoms with Gasteiger partial charge in [-0.15, -0.1) is 0 Å². The van der Waals surface area contributed by atoms with Gasteiger partial charge in [0.1, 0.15) is 16.2 Å². The van der Waals surface area contributed by atoms with E-state index in [1.54, 1.807) is 6.07 Å². The van der Waals surface area contributed by atoms with Crippen LogP contribution in [0, 0.1) is 0 Å². The molecule has 1 heterocycles. The van der Waals surface area contributed by atoms with Crippen LogP contribution < -0.4 is 4.74 Å². The van der Waals surface area contributed by atoms with E-state index in [1.807, 2.05) is 24.3 Å². The van der Waals surface area contributed by atoms with E-state index in [0.29, 0.717) is 28.5 Å².